The summed E-state index contributed by atoms with van der Waals surface area (Å²) in [7, 11) is -1.01. The molecule has 5 rings (SSSR count). The number of alkyl halides is 1. The Morgan fingerprint density at radius 2 is 2.09 bits per heavy atom. The molecule has 2 aromatic heterocycles. The fraction of sp³-hybridized carbons (Fsp3) is 0.391. The third kappa shape index (κ3) is 4.06. The van der Waals surface area contributed by atoms with Crippen LogP contribution in [0, 0.1) is 5.95 Å². The molecule has 2 aliphatic heterocycles. The predicted octanol–water partition coefficient (Wildman–Crippen LogP) is 3.12. The molecule has 2 N–H and O–H groups in total. The van der Waals surface area contributed by atoms with Gasteiger partial charge in [0, 0.05) is 31.3 Å². The summed E-state index contributed by atoms with van der Waals surface area (Å²) < 4.78 is 55.0. The van der Waals surface area contributed by atoms with Crippen LogP contribution in [0.2, 0.25) is 0 Å². The van der Waals surface area contributed by atoms with Crippen molar-refractivity contribution in [3.8, 4) is 34.1 Å². The van der Waals surface area contributed by atoms with Crippen LogP contribution in [0.3, 0.4) is 0 Å². The number of hydrogen-bond acceptors (Lipinski definition) is 8. The van der Waals surface area contributed by atoms with E-state index in [0.717, 1.165) is 18.9 Å². The second-order valence-corrected chi connectivity index (χ2v) is 8.40. The number of piperidine rings is 1. The van der Waals surface area contributed by atoms with Gasteiger partial charge in [0.05, 0.1) is 29.0 Å². The van der Waals surface area contributed by atoms with E-state index in [9.17, 15) is 13.9 Å². The minimum absolute atomic E-state index is 0.142. The van der Waals surface area contributed by atoms with Gasteiger partial charge in [-0.05, 0) is 42.5 Å². The van der Waals surface area contributed by atoms with Crippen LogP contribution in [0.15, 0.2) is 36.5 Å². The van der Waals surface area contributed by atoms with Crippen LogP contribution in [0.25, 0.3) is 22.5 Å². The van der Waals surface area contributed by atoms with Crippen LogP contribution in [0.5, 0.6) is 11.6 Å². The number of rotatable bonds is 5. The predicted molar refractivity (Wildman–Crippen MR) is 118 cm³/mol. The number of nitrogens with one attached hydrogen (secondary N) is 1. The van der Waals surface area contributed by atoms with E-state index >= 15 is 0 Å². The molecule has 0 unspecified atom stereocenters. The van der Waals surface area contributed by atoms with Crippen molar-refractivity contribution in [1.29, 1.82) is 0 Å². The van der Waals surface area contributed by atoms with E-state index in [-0.39, 0.29) is 34.8 Å². The van der Waals surface area contributed by atoms with Gasteiger partial charge in [-0.15, -0.1) is 10.2 Å². The van der Waals surface area contributed by atoms with E-state index in [4.69, 9.17) is 8.85 Å². The molecular formula is C23H24F2N6O2. The molecule has 0 saturated carbocycles. The first-order chi connectivity index (χ1) is 17.1. The number of methoxy groups -OCH3 is 1. The molecule has 0 amide bonds. The van der Waals surface area contributed by atoms with E-state index in [2.05, 4.69) is 25.5 Å². The van der Waals surface area contributed by atoms with Gasteiger partial charge < -0.3 is 20.1 Å². The summed E-state index contributed by atoms with van der Waals surface area (Å²) in [5.74, 6) is -0.939. The first-order valence-electron chi connectivity index (χ1n) is 12.1. The summed E-state index contributed by atoms with van der Waals surface area (Å²) in [5, 5.41) is 22.2. The largest absolute Gasteiger partial charge is 0.507 e. The summed E-state index contributed by atoms with van der Waals surface area (Å²) in [5.41, 5.74) is 0.945. The van der Waals surface area contributed by atoms with Crippen molar-refractivity contribution in [3.05, 3.63) is 42.5 Å². The average molecular weight is 457 g/mol. The van der Waals surface area contributed by atoms with Gasteiger partial charge in [-0.25, -0.2) is 9.37 Å². The van der Waals surface area contributed by atoms with Crippen LogP contribution in [0.1, 0.15) is 23.4 Å². The van der Waals surface area contributed by atoms with E-state index in [1.165, 1.54) is 24.4 Å². The smallest absolute Gasteiger partial charge is 0.216 e. The SMILES string of the molecule is [2H]C([2H])([2H])Oc1cc(-c2ccc(-c3ncc(N(C)[C@@H]4C[C@@H]5CC[C@H](N5)[C@@H]4F)nn3)c(O)c2)cc(F)n1. The maximum absolute atomic E-state index is 14.9. The number of aromatic hydroxyl groups is 1. The lowest BCUT2D eigenvalue weighted by Gasteiger charge is -2.38. The molecule has 2 bridgehead atoms. The molecule has 33 heavy (non-hydrogen) atoms. The maximum atomic E-state index is 14.9. The Labute approximate surface area is 193 Å². The Balaban J connectivity index is 1.35. The van der Waals surface area contributed by atoms with Gasteiger partial charge in [-0.2, -0.15) is 9.37 Å². The van der Waals surface area contributed by atoms with Gasteiger partial charge >= 0.3 is 0 Å². The number of ether oxygens (including phenoxy) is 1. The fourth-order valence-corrected chi connectivity index (χ4v) is 4.66. The summed E-state index contributed by atoms with van der Waals surface area (Å²) in [4.78, 5) is 9.51. The van der Waals surface area contributed by atoms with Crippen molar-refractivity contribution >= 4 is 5.82 Å². The molecule has 3 aromatic rings. The van der Waals surface area contributed by atoms with E-state index in [1.807, 2.05) is 0 Å². The van der Waals surface area contributed by atoms with Gasteiger partial charge in [-0.1, -0.05) is 6.07 Å². The lowest BCUT2D eigenvalue weighted by molar-refractivity contribution is 0.176. The lowest BCUT2D eigenvalue weighted by atomic mass is 9.96. The second kappa shape index (κ2) is 8.51. The molecule has 4 atom stereocenters. The van der Waals surface area contributed by atoms with Gasteiger partial charge in [0.25, 0.3) is 0 Å². The topological polar surface area (TPSA) is 96.3 Å². The molecule has 8 nitrogen and oxygen atoms in total. The molecule has 0 aliphatic carbocycles. The fourth-order valence-electron chi connectivity index (χ4n) is 4.66. The highest BCUT2D eigenvalue weighted by molar-refractivity contribution is 5.73. The van der Waals surface area contributed by atoms with Gasteiger partial charge in [0.15, 0.2) is 11.6 Å². The van der Waals surface area contributed by atoms with Gasteiger partial charge in [0.1, 0.15) is 11.9 Å². The normalized spacial score (nSPS) is 25.7. The number of phenolic OH excluding ortho intramolecular Hbond substituents is 1. The molecule has 2 aliphatic rings. The zero-order valence-corrected chi connectivity index (χ0v) is 17.7. The van der Waals surface area contributed by atoms with Crippen LogP contribution in [-0.4, -0.2) is 63.7 Å². The Morgan fingerprint density at radius 3 is 2.85 bits per heavy atom. The number of fused-ring (bicyclic) bond motifs is 2. The zero-order valence-electron chi connectivity index (χ0n) is 20.7. The number of phenols is 1. The highest BCUT2D eigenvalue weighted by Crippen LogP contribution is 2.35. The number of halogens is 2. The van der Waals surface area contributed by atoms with E-state index in [0.29, 0.717) is 23.8 Å². The quantitative estimate of drug-likeness (QED) is 0.565. The first-order valence-corrected chi connectivity index (χ1v) is 10.6. The average Bonchev–Trinajstić information content (AvgIpc) is 3.23. The molecule has 1 aromatic carbocycles. The van der Waals surface area contributed by atoms with Crippen molar-refractivity contribution in [2.45, 2.75) is 43.6 Å². The number of benzene rings is 1. The van der Waals surface area contributed by atoms with E-state index < -0.39 is 25.0 Å². The van der Waals surface area contributed by atoms with E-state index in [1.54, 1.807) is 18.0 Å². The number of aromatic nitrogens is 4. The van der Waals surface area contributed by atoms with Crippen molar-refractivity contribution in [3.63, 3.8) is 0 Å². The molecule has 10 heteroatoms. The summed E-state index contributed by atoms with van der Waals surface area (Å²) in [6.07, 6.45) is 2.94. The Bertz CT molecular complexity index is 1260. The van der Waals surface area contributed by atoms with Crippen molar-refractivity contribution in [2.24, 2.45) is 0 Å². The molecule has 4 heterocycles. The second-order valence-electron chi connectivity index (χ2n) is 8.40. The van der Waals surface area contributed by atoms with Gasteiger partial charge in [-0.3, -0.25) is 0 Å². The summed E-state index contributed by atoms with van der Waals surface area (Å²) >= 11 is 0. The molecular weight excluding hydrogens is 430 g/mol. The number of hydrogen-bond donors (Lipinski definition) is 2. The molecule has 172 valence electrons. The third-order valence-electron chi connectivity index (χ3n) is 6.41. The number of nitrogens with zero attached hydrogens (tertiary/aromatic N) is 5. The minimum Gasteiger partial charge on any atom is -0.507 e. The number of pyridine rings is 1. The van der Waals surface area contributed by atoms with Crippen molar-refractivity contribution < 1.29 is 22.7 Å². The van der Waals surface area contributed by atoms with Crippen LogP contribution >= 0.6 is 0 Å². The van der Waals surface area contributed by atoms with Crippen LogP contribution in [-0.2, 0) is 0 Å². The molecule has 2 fully saturated rings. The monoisotopic (exact) mass is 457 g/mol. The minimum atomic E-state index is -2.78. The Hall–Kier alpha value is -3.40. The Morgan fingerprint density at radius 1 is 1.21 bits per heavy atom. The summed E-state index contributed by atoms with van der Waals surface area (Å²) in [6.45, 7) is 0. The van der Waals surface area contributed by atoms with Crippen LogP contribution < -0.4 is 15.0 Å². The standard InChI is InChI=1S/C23H24F2N6O2/c1-31(17-10-14-4-6-16(27-14)22(17)25)20-11-26-23(30-29-20)15-5-3-12(7-18(15)32)13-8-19(24)28-21(9-13)33-2/h3,5,7-9,11,14,16-17,22,27,32H,4,6,10H2,1-2H3/t14-,16-,17+,22-/m0/s1/i2D3. The van der Waals surface area contributed by atoms with Crippen LogP contribution in [0.4, 0.5) is 14.6 Å². The lowest BCUT2D eigenvalue weighted by Crippen LogP contribution is -2.55. The first kappa shape index (κ1) is 18.1. The summed E-state index contributed by atoms with van der Waals surface area (Å²) in [6, 6.07) is 6.68. The zero-order chi connectivity index (χ0) is 25.6. The van der Waals surface area contributed by atoms with Crippen molar-refractivity contribution in [2.75, 3.05) is 19.0 Å². The van der Waals surface area contributed by atoms with Crippen molar-refractivity contribution in [1.82, 2.24) is 25.5 Å². The molecule has 0 radical (unpaired) electrons. The maximum Gasteiger partial charge on any atom is 0.216 e. The highest BCUT2D eigenvalue weighted by atomic mass is 19.1. The van der Waals surface area contributed by atoms with Gasteiger partial charge in [0.2, 0.25) is 11.8 Å². The highest BCUT2D eigenvalue weighted by Gasteiger charge is 2.43. The molecule has 2 saturated heterocycles. The number of anilines is 1. The Kier molecular flexibility index (Phi) is 4.66. The molecule has 0 spiro atoms. The third-order valence-corrected chi connectivity index (χ3v) is 6.41.